The highest BCUT2D eigenvalue weighted by Crippen LogP contribution is 2.21. The van der Waals surface area contributed by atoms with Gasteiger partial charge in [-0.1, -0.05) is 17.3 Å². The number of nitrogens with zero attached hydrogens (tertiary/aromatic N) is 3. The summed E-state index contributed by atoms with van der Waals surface area (Å²) in [6.07, 6.45) is 0.615. The van der Waals surface area contributed by atoms with Crippen LogP contribution in [0.15, 0.2) is 22.7 Å². The molecule has 1 atom stereocenters. The Morgan fingerprint density at radius 2 is 2.21 bits per heavy atom. The fourth-order valence-electron chi connectivity index (χ4n) is 2.73. The van der Waals surface area contributed by atoms with E-state index < -0.39 is 0 Å². The second-order valence-electron chi connectivity index (χ2n) is 6.04. The number of likely N-dealkylation sites (N-methyl/N-ethyl adjacent to an activating group) is 1. The predicted octanol–water partition coefficient (Wildman–Crippen LogP) is 2.31. The molecule has 1 saturated heterocycles. The van der Waals surface area contributed by atoms with Crippen molar-refractivity contribution in [3.05, 3.63) is 41.0 Å². The van der Waals surface area contributed by atoms with Crippen molar-refractivity contribution in [3.63, 3.8) is 0 Å². The Labute approximate surface area is 149 Å². The third-order valence-electron chi connectivity index (χ3n) is 4.42. The Hall–Kier alpha value is -1.63. The summed E-state index contributed by atoms with van der Waals surface area (Å²) in [6, 6.07) is 6.26. The van der Waals surface area contributed by atoms with E-state index in [1.807, 2.05) is 12.1 Å². The molecule has 3 rings (SSSR count). The molecule has 1 fully saturated rings. The monoisotopic (exact) mass is 352 g/mol. The van der Waals surface area contributed by atoms with Gasteiger partial charge < -0.3 is 14.6 Å². The number of halogens is 1. The van der Waals surface area contributed by atoms with Crippen molar-refractivity contribution < 1.29 is 9.26 Å². The smallest absolute Gasteiger partial charge is 0.230 e. The lowest BCUT2D eigenvalue weighted by Gasteiger charge is -2.30. The Balaban J connectivity index is 0.00000208. The molecule has 132 valence electrons. The molecule has 1 unspecified atom stereocenters. The van der Waals surface area contributed by atoms with Crippen LogP contribution in [0, 0.1) is 13.8 Å². The molecule has 7 heteroatoms. The van der Waals surface area contributed by atoms with E-state index in [2.05, 4.69) is 47.3 Å². The van der Waals surface area contributed by atoms with Crippen LogP contribution in [0.2, 0.25) is 0 Å². The van der Waals surface area contributed by atoms with Crippen LogP contribution in [-0.4, -0.2) is 48.3 Å². The quantitative estimate of drug-likeness (QED) is 0.890. The van der Waals surface area contributed by atoms with E-state index in [0.717, 1.165) is 31.2 Å². The van der Waals surface area contributed by atoms with Gasteiger partial charge in [-0.05, 0) is 38.1 Å². The number of rotatable bonds is 5. The molecule has 6 nitrogen and oxygen atoms in total. The normalized spacial score (nSPS) is 18.2. The summed E-state index contributed by atoms with van der Waals surface area (Å²) >= 11 is 0. The van der Waals surface area contributed by atoms with Crippen molar-refractivity contribution in [2.24, 2.45) is 0 Å². The molecule has 1 aromatic heterocycles. The third kappa shape index (κ3) is 4.26. The van der Waals surface area contributed by atoms with Crippen molar-refractivity contribution in [3.8, 4) is 5.75 Å². The number of aromatic nitrogens is 2. The molecule has 0 aliphatic carbocycles. The van der Waals surface area contributed by atoms with Crippen LogP contribution in [0.4, 0.5) is 0 Å². The van der Waals surface area contributed by atoms with Crippen LogP contribution < -0.4 is 10.1 Å². The number of hydrogen-bond acceptors (Lipinski definition) is 6. The van der Waals surface area contributed by atoms with Crippen LogP contribution in [0.3, 0.4) is 0 Å². The predicted molar refractivity (Wildman–Crippen MR) is 94.9 cm³/mol. The number of piperazine rings is 1. The first-order valence-corrected chi connectivity index (χ1v) is 8.07. The van der Waals surface area contributed by atoms with Crippen molar-refractivity contribution >= 4 is 12.4 Å². The first-order valence-electron chi connectivity index (χ1n) is 8.07. The number of benzene rings is 1. The summed E-state index contributed by atoms with van der Waals surface area (Å²) in [4.78, 5) is 6.76. The van der Waals surface area contributed by atoms with Gasteiger partial charge >= 0.3 is 0 Å². The lowest BCUT2D eigenvalue weighted by molar-refractivity contribution is 0.190. The maximum Gasteiger partial charge on any atom is 0.230 e. The SMILES string of the molecule is Cc1cccc(OCCc2nc(C3CNCCN3C)no2)c1C.Cl. The van der Waals surface area contributed by atoms with Crippen LogP contribution in [0.25, 0.3) is 0 Å². The number of hydrogen-bond donors (Lipinski definition) is 1. The van der Waals surface area contributed by atoms with E-state index in [9.17, 15) is 0 Å². The van der Waals surface area contributed by atoms with Crippen LogP contribution in [0.1, 0.15) is 28.9 Å². The summed E-state index contributed by atoms with van der Waals surface area (Å²) in [6.45, 7) is 7.54. The second kappa shape index (κ2) is 8.46. The highest BCUT2D eigenvalue weighted by molar-refractivity contribution is 5.85. The van der Waals surface area contributed by atoms with Crippen LogP contribution in [0.5, 0.6) is 5.75 Å². The van der Waals surface area contributed by atoms with E-state index in [0.29, 0.717) is 18.9 Å². The average molecular weight is 353 g/mol. The van der Waals surface area contributed by atoms with Crippen molar-refractivity contribution in [2.75, 3.05) is 33.3 Å². The Morgan fingerprint density at radius 1 is 1.38 bits per heavy atom. The molecular formula is C17H25ClN4O2. The Morgan fingerprint density at radius 3 is 3.00 bits per heavy atom. The largest absolute Gasteiger partial charge is 0.493 e. The van der Waals surface area contributed by atoms with E-state index in [-0.39, 0.29) is 18.4 Å². The zero-order valence-corrected chi connectivity index (χ0v) is 15.2. The molecule has 0 spiro atoms. The van der Waals surface area contributed by atoms with Gasteiger partial charge in [0.1, 0.15) is 5.75 Å². The van der Waals surface area contributed by atoms with Gasteiger partial charge in [-0.3, -0.25) is 4.90 Å². The highest BCUT2D eigenvalue weighted by atomic mass is 35.5. The maximum absolute atomic E-state index is 5.85. The summed E-state index contributed by atoms with van der Waals surface area (Å²) in [5, 5.41) is 7.49. The summed E-state index contributed by atoms with van der Waals surface area (Å²) in [7, 11) is 2.09. The molecule has 1 aromatic carbocycles. The fraction of sp³-hybridized carbons (Fsp3) is 0.529. The van der Waals surface area contributed by atoms with Gasteiger partial charge in [0.05, 0.1) is 19.1 Å². The second-order valence-corrected chi connectivity index (χ2v) is 6.04. The van der Waals surface area contributed by atoms with Gasteiger partial charge in [0.15, 0.2) is 5.82 Å². The zero-order chi connectivity index (χ0) is 16.2. The Bertz CT molecular complexity index is 662. The zero-order valence-electron chi connectivity index (χ0n) is 14.4. The fourth-order valence-corrected chi connectivity index (χ4v) is 2.73. The van der Waals surface area contributed by atoms with Gasteiger partial charge in [-0.25, -0.2) is 0 Å². The first kappa shape index (κ1) is 18.7. The highest BCUT2D eigenvalue weighted by Gasteiger charge is 2.25. The minimum Gasteiger partial charge on any atom is -0.493 e. The average Bonchev–Trinajstić information content (AvgIpc) is 3.00. The van der Waals surface area contributed by atoms with Gasteiger partial charge in [0.2, 0.25) is 5.89 Å². The third-order valence-corrected chi connectivity index (χ3v) is 4.42. The van der Waals surface area contributed by atoms with Crippen molar-refractivity contribution in [2.45, 2.75) is 26.3 Å². The van der Waals surface area contributed by atoms with E-state index in [1.165, 1.54) is 11.1 Å². The van der Waals surface area contributed by atoms with Crippen molar-refractivity contribution in [1.29, 1.82) is 0 Å². The molecule has 1 N–H and O–H groups in total. The molecule has 0 radical (unpaired) electrons. The molecule has 2 heterocycles. The minimum atomic E-state index is 0. The van der Waals surface area contributed by atoms with Crippen LogP contribution in [-0.2, 0) is 6.42 Å². The topological polar surface area (TPSA) is 63.4 Å². The van der Waals surface area contributed by atoms with E-state index in [1.54, 1.807) is 0 Å². The molecule has 2 aromatic rings. The molecule has 24 heavy (non-hydrogen) atoms. The lowest BCUT2D eigenvalue weighted by atomic mass is 10.1. The summed E-state index contributed by atoms with van der Waals surface area (Å²) < 4.78 is 11.2. The molecule has 1 aliphatic heterocycles. The number of nitrogens with one attached hydrogen (secondary N) is 1. The summed E-state index contributed by atoms with van der Waals surface area (Å²) in [5.74, 6) is 2.30. The van der Waals surface area contributed by atoms with Crippen LogP contribution >= 0.6 is 12.4 Å². The number of aryl methyl sites for hydroxylation is 1. The van der Waals surface area contributed by atoms with Gasteiger partial charge in [0, 0.05) is 19.6 Å². The van der Waals surface area contributed by atoms with E-state index in [4.69, 9.17) is 9.26 Å². The summed E-state index contributed by atoms with van der Waals surface area (Å²) in [5.41, 5.74) is 2.41. The number of ether oxygens (including phenoxy) is 1. The van der Waals surface area contributed by atoms with Gasteiger partial charge in [-0.2, -0.15) is 4.98 Å². The van der Waals surface area contributed by atoms with Gasteiger partial charge in [-0.15, -0.1) is 12.4 Å². The van der Waals surface area contributed by atoms with Gasteiger partial charge in [0.25, 0.3) is 0 Å². The minimum absolute atomic E-state index is 0. The molecule has 1 aliphatic rings. The molecule has 0 amide bonds. The first-order chi connectivity index (χ1) is 11.1. The molecule has 0 bridgehead atoms. The maximum atomic E-state index is 5.85. The molecule has 0 saturated carbocycles. The van der Waals surface area contributed by atoms with Crippen molar-refractivity contribution in [1.82, 2.24) is 20.4 Å². The standard InChI is InChI=1S/C17H24N4O2.ClH/c1-12-5-4-6-15(13(12)2)22-10-7-16-19-17(20-23-16)14-11-18-8-9-21(14)3;/h4-6,14,18H,7-11H2,1-3H3;1H. The Kier molecular flexibility index (Phi) is 6.60. The molecular weight excluding hydrogens is 328 g/mol. The lowest BCUT2D eigenvalue weighted by Crippen LogP contribution is -2.44. The van der Waals surface area contributed by atoms with E-state index >= 15 is 0 Å².